The van der Waals surface area contributed by atoms with Crippen LogP contribution in [0.25, 0.3) is 0 Å². The molecule has 7 heteroatoms. The van der Waals surface area contributed by atoms with Crippen LogP contribution in [0.15, 0.2) is 29.3 Å². The molecule has 2 heterocycles. The first-order valence-electron chi connectivity index (χ1n) is 10.9. The third kappa shape index (κ3) is 6.63. The van der Waals surface area contributed by atoms with E-state index in [2.05, 4.69) is 34.6 Å². The lowest BCUT2D eigenvalue weighted by Gasteiger charge is -2.30. The van der Waals surface area contributed by atoms with E-state index in [0.29, 0.717) is 6.54 Å². The van der Waals surface area contributed by atoms with Gasteiger partial charge < -0.3 is 26.0 Å². The molecule has 0 radical (unpaired) electrons. The van der Waals surface area contributed by atoms with Crippen LogP contribution in [-0.2, 0) is 11.2 Å². The number of nitrogens with two attached hydrogens (primary N) is 1. The van der Waals surface area contributed by atoms with E-state index in [1.807, 2.05) is 12.1 Å². The number of carbonyl (C=O) groups excluding carboxylic acids is 1. The quantitative estimate of drug-likeness (QED) is 0.332. The fourth-order valence-electron chi connectivity index (χ4n) is 4.00. The number of primary amides is 1. The summed E-state index contributed by atoms with van der Waals surface area (Å²) < 4.78 is 5.97. The minimum Gasteiger partial charge on any atom is -0.488 e. The van der Waals surface area contributed by atoms with E-state index in [9.17, 15) is 4.79 Å². The molecular formula is C22H35N5O2. The average Bonchev–Trinajstić information content (AvgIpc) is 3.15. The zero-order valence-corrected chi connectivity index (χ0v) is 17.5. The molecule has 1 aromatic rings. The Morgan fingerprint density at radius 2 is 2.03 bits per heavy atom. The molecule has 7 nitrogen and oxygen atoms in total. The first-order valence-corrected chi connectivity index (χ1v) is 10.9. The van der Waals surface area contributed by atoms with Gasteiger partial charge in [0, 0.05) is 25.4 Å². The second-order valence-corrected chi connectivity index (χ2v) is 7.92. The van der Waals surface area contributed by atoms with Crippen molar-refractivity contribution in [1.29, 1.82) is 0 Å². The van der Waals surface area contributed by atoms with Gasteiger partial charge in [0.25, 0.3) is 0 Å². The number of fused-ring (bicyclic) bond motifs is 1. The van der Waals surface area contributed by atoms with Gasteiger partial charge in [0.2, 0.25) is 5.91 Å². The Morgan fingerprint density at radius 1 is 1.24 bits per heavy atom. The molecule has 2 aliphatic heterocycles. The molecular weight excluding hydrogens is 366 g/mol. The number of aliphatic imine (C=N–C) groups is 1. The number of hydrogen-bond acceptors (Lipinski definition) is 4. The van der Waals surface area contributed by atoms with Crippen LogP contribution < -0.4 is 21.1 Å². The average molecular weight is 402 g/mol. The largest absolute Gasteiger partial charge is 0.488 e. The Balaban J connectivity index is 1.31. The van der Waals surface area contributed by atoms with E-state index in [1.165, 1.54) is 5.56 Å². The van der Waals surface area contributed by atoms with Crippen molar-refractivity contribution in [3.63, 3.8) is 0 Å². The highest BCUT2D eigenvalue weighted by Gasteiger charge is 2.23. The molecule has 0 spiro atoms. The Hall–Kier alpha value is -2.28. The van der Waals surface area contributed by atoms with Crippen molar-refractivity contribution in [2.45, 2.75) is 45.1 Å². The predicted molar refractivity (Wildman–Crippen MR) is 116 cm³/mol. The lowest BCUT2D eigenvalue weighted by molar-refractivity contribution is -0.123. The number of carbonyl (C=O) groups is 1. The third-order valence-electron chi connectivity index (χ3n) is 5.69. The van der Waals surface area contributed by atoms with E-state index >= 15 is 0 Å². The first kappa shape index (κ1) is 21.4. The molecule has 1 fully saturated rings. The second kappa shape index (κ2) is 11.0. The summed E-state index contributed by atoms with van der Waals surface area (Å²) in [6.07, 6.45) is 5.06. The van der Waals surface area contributed by atoms with E-state index in [1.54, 1.807) is 0 Å². The number of nitrogens with zero attached hydrogens (tertiary/aromatic N) is 2. The summed E-state index contributed by atoms with van der Waals surface area (Å²) in [5.41, 5.74) is 6.67. The van der Waals surface area contributed by atoms with Crippen molar-refractivity contribution in [1.82, 2.24) is 15.5 Å². The van der Waals surface area contributed by atoms with Crippen LogP contribution in [0.2, 0.25) is 0 Å². The van der Waals surface area contributed by atoms with Crippen molar-refractivity contribution in [2.75, 3.05) is 39.3 Å². The Bertz CT molecular complexity index is 661. The number of likely N-dealkylation sites (tertiary alicyclic amines) is 1. The highest BCUT2D eigenvalue weighted by Crippen LogP contribution is 2.28. The Kier molecular flexibility index (Phi) is 8.16. The summed E-state index contributed by atoms with van der Waals surface area (Å²) in [6.45, 7) is 7.51. The minimum absolute atomic E-state index is 0.0726. The maximum atomic E-state index is 11.2. The smallest absolute Gasteiger partial charge is 0.220 e. The highest BCUT2D eigenvalue weighted by atomic mass is 16.5. The normalized spacial score (nSPS) is 20.2. The monoisotopic (exact) mass is 401 g/mol. The molecule has 4 N–H and O–H groups in total. The number of para-hydroxylation sites is 1. The number of ether oxygens (including phenoxy) is 1. The van der Waals surface area contributed by atoms with Gasteiger partial charge in [-0.2, -0.15) is 0 Å². The molecule has 29 heavy (non-hydrogen) atoms. The molecule has 1 amide bonds. The van der Waals surface area contributed by atoms with Crippen LogP contribution in [0.3, 0.4) is 0 Å². The van der Waals surface area contributed by atoms with Crippen molar-refractivity contribution in [3.05, 3.63) is 29.8 Å². The van der Waals surface area contributed by atoms with Crippen LogP contribution >= 0.6 is 0 Å². The molecule has 160 valence electrons. The Morgan fingerprint density at radius 3 is 2.76 bits per heavy atom. The second-order valence-electron chi connectivity index (χ2n) is 7.92. The Labute approximate surface area is 174 Å². The van der Waals surface area contributed by atoms with Crippen LogP contribution in [0, 0.1) is 5.92 Å². The molecule has 0 aromatic heterocycles. The molecule has 0 saturated carbocycles. The number of unbranched alkanes of at least 4 members (excludes halogenated alkanes) is 1. The predicted octanol–water partition coefficient (Wildman–Crippen LogP) is 1.52. The van der Waals surface area contributed by atoms with Crippen LogP contribution in [0.1, 0.15) is 38.2 Å². The molecule has 1 atom stereocenters. The standard InChI is InChI=1S/C22H35N5O2/c1-2-24-22(26-16-19-15-18-7-3-4-8-20(18)29-19)25-11-5-6-12-27-13-9-17(10-14-27)21(23)28/h3-4,7-8,17,19H,2,5-6,9-16H2,1H3,(H2,23,28)(H2,24,25,26). The van der Waals surface area contributed by atoms with Gasteiger partial charge in [0.1, 0.15) is 11.9 Å². The maximum Gasteiger partial charge on any atom is 0.220 e. The molecule has 3 rings (SSSR count). The molecule has 2 aliphatic rings. The van der Waals surface area contributed by atoms with E-state index < -0.39 is 0 Å². The summed E-state index contributed by atoms with van der Waals surface area (Å²) in [5.74, 6) is 1.78. The van der Waals surface area contributed by atoms with Crippen LogP contribution in [0.4, 0.5) is 0 Å². The SMILES string of the molecule is CCNC(=NCC1Cc2ccccc2O1)NCCCCN1CCC(C(N)=O)CC1. The fourth-order valence-corrected chi connectivity index (χ4v) is 4.00. The van der Waals surface area contributed by atoms with Gasteiger partial charge >= 0.3 is 0 Å². The number of nitrogens with one attached hydrogen (secondary N) is 2. The summed E-state index contributed by atoms with van der Waals surface area (Å²) in [7, 11) is 0. The van der Waals surface area contributed by atoms with Gasteiger partial charge in [-0.05, 0) is 63.9 Å². The summed E-state index contributed by atoms with van der Waals surface area (Å²) in [4.78, 5) is 18.4. The number of piperidine rings is 1. The van der Waals surface area contributed by atoms with Crippen molar-refractivity contribution in [2.24, 2.45) is 16.6 Å². The maximum absolute atomic E-state index is 11.2. The van der Waals surface area contributed by atoms with Gasteiger partial charge in [0.15, 0.2) is 5.96 Å². The zero-order valence-electron chi connectivity index (χ0n) is 17.5. The summed E-state index contributed by atoms with van der Waals surface area (Å²) in [5, 5.41) is 6.74. The zero-order chi connectivity index (χ0) is 20.5. The van der Waals surface area contributed by atoms with E-state index in [4.69, 9.17) is 15.5 Å². The number of benzene rings is 1. The minimum atomic E-state index is -0.143. The topological polar surface area (TPSA) is 92.0 Å². The van der Waals surface area contributed by atoms with Crippen molar-refractivity contribution in [3.8, 4) is 5.75 Å². The molecule has 1 aromatic carbocycles. The fraction of sp³-hybridized carbons (Fsp3) is 0.636. The van der Waals surface area contributed by atoms with Gasteiger partial charge in [-0.15, -0.1) is 0 Å². The van der Waals surface area contributed by atoms with Crippen LogP contribution in [0.5, 0.6) is 5.75 Å². The number of amides is 1. The van der Waals surface area contributed by atoms with E-state index in [0.717, 1.165) is 76.5 Å². The highest BCUT2D eigenvalue weighted by molar-refractivity contribution is 5.79. The number of guanidine groups is 1. The third-order valence-corrected chi connectivity index (χ3v) is 5.69. The number of hydrogen-bond donors (Lipinski definition) is 3. The van der Waals surface area contributed by atoms with E-state index in [-0.39, 0.29) is 17.9 Å². The molecule has 0 aliphatic carbocycles. The lowest BCUT2D eigenvalue weighted by Crippen LogP contribution is -2.40. The van der Waals surface area contributed by atoms with Gasteiger partial charge in [-0.25, -0.2) is 4.99 Å². The van der Waals surface area contributed by atoms with Gasteiger partial charge in [-0.3, -0.25) is 4.79 Å². The number of rotatable bonds is 9. The summed E-state index contributed by atoms with van der Waals surface area (Å²) in [6, 6.07) is 8.22. The van der Waals surface area contributed by atoms with Crippen molar-refractivity contribution < 1.29 is 9.53 Å². The van der Waals surface area contributed by atoms with Crippen LogP contribution in [-0.4, -0.2) is 62.1 Å². The van der Waals surface area contributed by atoms with Crippen molar-refractivity contribution >= 4 is 11.9 Å². The first-order chi connectivity index (χ1) is 14.2. The summed E-state index contributed by atoms with van der Waals surface area (Å²) >= 11 is 0. The lowest BCUT2D eigenvalue weighted by atomic mass is 9.96. The molecule has 1 saturated heterocycles. The molecule has 0 bridgehead atoms. The molecule has 1 unspecified atom stereocenters. The van der Waals surface area contributed by atoms with Gasteiger partial charge in [0.05, 0.1) is 6.54 Å². The van der Waals surface area contributed by atoms with Gasteiger partial charge in [-0.1, -0.05) is 18.2 Å².